The van der Waals surface area contributed by atoms with Crippen LogP contribution < -0.4 is 5.32 Å². The molecular formula is C34H43N. The molecule has 0 aromatic heterocycles. The number of aryl methyl sites for hydroxylation is 1. The maximum Gasteiger partial charge on any atom is 0.0417 e. The minimum absolute atomic E-state index is 0.0157. The van der Waals surface area contributed by atoms with Gasteiger partial charge in [-0.25, -0.2) is 0 Å². The third-order valence-electron chi connectivity index (χ3n) is 8.98. The molecule has 184 valence electrons. The summed E-state index contributed by atoms with van der Waals surface area (Å²) in [6.45, 7) is 23.6. The number of rotatable bonds is 2. The van der Waals surface area contributed by atoms with E-state index in [4.69, 9.17) is 0 Å². The zero-order valence-electron chi connectivity index (χ0n) is 23.5. The molecule has 0 unspecified atom stereocenters. The normalized spacial score (nSPS) is 19.0. The van der Waals surface area contributed by atoms with E-state index in [2.05, 4.69) is 123 Å². The molecule has 0 fully saturated rings. The molecule has 0 saturated heterocycles. The molecule has 0 spiro atoms. The lowest BCUT2D eigenvalue weighted by atomic mass is 9.63. The Labute approximate surface area is 213 Å². The summed E-state index contributed by atoms with van der Waals surface area (Å²) < 4.78 is 0. The van der Waals surface area contributed by atoms with E-state index in [9.17, 15) is 0 Å². The molecule has 0 atom stereocenters. The number of nitrogens with one attached hydrogen (secondary N) is 1. The van der Waals surface area contributed by atoms with E-state index < -0.39 is 0 Å². The Kier molecular flexibility index (Phi) is 5.17. The van der Waals surface area contributed by atoms with Crippen LogP contribution >= 0.6 is 0 Å². The lowest BCUT2D eigenvalue weighted by Gasteiger charge is -2.42. The Bertz CT molecular complexity index is 1330. The zero-order valence-corrected chi connectivity index (χ0v) is 23.5. The average Bonchev–Trinajstić information content (AvgIpc) is 2.99. The van der Waals surface area contributed by atoms with Crippen molar-refractivity contribution in [3.8, 4) is 11.1 Å². The first-order valence-electron chi connectivity index (χ1n) is 13.3. The SMILES string of the molecule is Cc1cc2c(cc1Nc1ccc3c(c1)-c1c(C(C)(C)C)cccc1C3(C)C)C(C)(C)CCC2(C)C. The molecule has 3 aromatic rings. The first-order valence-corrected chi connectivity index (χ1v) is 13.3. The van der Waals surface area contributed by atoms with Gasteiger partial charge < -0.3 is 5.32 Å². The van der Waals surface area contributed by atoms with E-state index in [1.807, 2.05) is 0 Å². The van der Waals surface area contributed by atoms with Crippen LogP contribution in [0.1, 0.15) is 109 Å². The van der Waals surface area contributed by atoms with Gasteiger partial charge >= 0.3 is 0 Å². The minimum atomic E-state index is 0.0157. The van der Waals surface area contributed by atoms with Crippen molar-refractivity contribution in [1.29, 1.82) is 0 Å². The fourth-order valence-corrected chi connectivity index (χ4v) is 6.52. The number of hydrogen-bond donors (Lipinski definition) is 1. The summed E-state index contributed by atoms with van der Waals surface area (Å²) in [6, 6.07) is 18.8. The highest BCUT2D eigenvalue weighted by atomic mass is 14.9. The second-order valence-corrected chi connectivity index (χ2v) is 14.0. The topological polar surface area (TPSA) is 12.0 Å². The average molecular weight is 466 g/mol. The van der Waals surface area contributed by atoms with Gasteiger partial charge in [-0.1, -0.05) is 92.6 Å². The molecule has 2 aliphatic rings. The molecule has 5 rings (SSSR count). The van der Waals surface area contributed by atoms with E-state index in [1.165, 1.54) is 68.7 Å². The molecule has 1 heteroatoms. The Morgan fingerprint density at radius 1 is 0.714 bits per heavy atom. The van der Waals surface area contributed by atoms with E-state index in [-0.39, 0.29) is 21.7 Å². The van der Waals surface area contributed by atoms with Gasteiger partial charge in [0.2, 0.25) is 0 Å². The fourth-order valence-electron chi connectivity index (χ4n) is 6.52. The Morgan fingerprint density at radius 2 is 1.34 bits per heavy atom. The van der Waals surface area contributed by atoms with Gasteiger partial charge in [0.05, 0.1) is 0 Å². The largest absolute Gasteiger partial charge is 0.355 e. The smallest absolute Gasteiger partial charge is 0.0417 e. The van der Waals surface area contributed by atoms with Crippen molar-refractivity contribution in [1.82, 2.24) is 0 Å². The maximum atomic E-state index is 3.83. The summed E-state index contributed by atoms with van der Waals surface area (Å²) in [4.78, 5) is 0. The van der Waals surface area contributed by atoms with Crippen LogP contribution in [0.5, 0.6) is 0 Å². The Balaban J connectivity index is 1.62. The summed E-state index contributed by atoms with van der Waals surface area (Å²) >= 11 is 0. The van der Waals surface area contributed by atoms with Gasteiger partial charge in [-0.05, 0) is 98.7 Å². The molecule has 35 heavy (non-hydrogen) atoms. The second kappa shape index (κ2) is 7.48. The van der Waals surface area contributed by atoms with E-state index >= 15 is 0 Å². The molecule has 0 aliphatic heterocycles. The molecule has 0 amide bonds. The number of anilines is 2. The van der Waals surface area contributed by atoms with Crippen molar-refractivity contribution in [2.45, 2.75) is 104 Å². The van der Waals surface area contributed by atoms with Gasteiger partial charge in [-0.3, -0.25) is 0 Å². The number of fused-ring (bicyclic) bond motifs is 4. The molecule has 1 nitrogen and oxygen atoms in total. The van der Waals surface area contributed by atoms with Crippen LogP contribution in [-0.4, -0.2) is 0 Å². The molecule has 0 bridgehead atoms. The first kappa shape index (κ1) is 24.2. The lowest BCUT2D eigenvalue weighted by Crippen LogP contribution is -2.34. The van der Waals surface area contributed by atoms with E-state index in [1.54, 1.807) is 0 Å². The van der Waals surface area contributed by atoms with Gasteiger partial charge in [-0.2, -0.15) is 0 Å². The van der Waals surface area contributed by atoms with Crippen LogP contribution in [0.2, 0.25) is 0 Å². The van der Waals surface area contributed by atoms with E-state index in [0.717, 1.165) is 0 Å². The second-order valence-electron chi connectivity index (χ2n) is 14.0. The van der Waals surface area contributed by atoms with Gasteiger partial charge in [0.1, 0.15) is 0 Å². The molecular weight excluding hydrogens is 422 g/mol. The molecule has 0 saturated carbocycles. The highest BCUT2D eigenvalue weighted by molar-refractivity contribution is 5.86. The number of hydrogen-bond acceptors (Lipinski definition) is 1. The maximum absolute atomic E-state index is 3.83. The van der Waals surface area contributed by atoms with Crippen LogP contribution in [0.15, 0.2) is 48.5 Å². The molecule has 2 aliphatic carbocycles. The fraction of sp³-hybridized carbons (Fsp3) is 0.471. The van der Waals surface area contributed by atoms with Crippen molar-refractivity contribution in [3.05, 3.63) is 81.9 Å². The van der Waals surface area contributed by atoms with Crippen molar-refractivity contribution < 1.29 is 0 Å². The summed E-state index contributed by atoms with van der Waals surface area (Å²) in [5.74, 6) is 0. The van der Waals surface area contributed by atoms with Crippen LogP contribution in [0.25, 0.3) is 11.1 Å². The third-order valence-corrected chi connectivity index (χ3v) is 8.98. The molecule has 3 aromatic carbocycles. The predicted molar refractivity (Wildman–Crippen MR) is 152 cm³/mol. The Hall–Kier alpha value is -2.54. The highest BCUT2D eigenvalue weighted by Gasteiger charge is 2.39. The summed E-state index contributed by atoms with van der Waals surface area (Å²) in [6.07, 6.45) is 2.48. The number of benzene rings is 3. The van der Waals surface area contributed by atoms with E-state index in [0.29, 0.717) is 0 Å². The summed E-state index contributed by atoms with van der Waals surface area (Å²) in [5.41, 5.74) is 14.5. The van der Waals surface area contributed by atoms with Gasteiger partial charge in [-0.15, -0.1) is 0 Å². The summed E-state index contributed by atoms with van der Waals surface area (Å²) in [7, 11) is 0. The van der Waals surface area contributed by atoms with Crippen molar-refractivity contribution in [3.63, 3.8) is 0 Å². The molecule has 0 radical (unpaired) electrons. The predicted octanol–water partition coefficient (Wildman–Crippen LogP) is 9.69. The molecule has 0 heterocycles. The van der Waals surface area contributed by atoms with Gasteiger partial charge in [0.25, 0.3) is 0 Å². The molecule has 1 N–H and O–H groups in total. The standard InChI is InChI=1S/C34H43N/c1-21-18-27-28(33(7,8)17-16-32(27,5)6)20-29(21)35-22-14-15-24-23(19-22)30-25(31(2,3)4)12-11-13-26(30)34(24,9)10/h11-15,18-20,35H,16-17H2,1-10H3. The zero-order chi connectivity index (χ0) is 25.6. The van der Waals surface area contributed by atoms with Crippen molar-refractivity contribution in [2.75, 3.05) is 5.32 Å². The van der Waals surface area contributed by atoms with Gasteiger partial charge in [0, 0.05) is 16.8 Å². The van der Waals surface area contributed by atoms with Gasteiger partial charge in [0.15, 0.2) is 0 Å². The van der Waals surface area contributed by atoms with Crippen LogP contribution in [0.4, 0.5) is 11.4 Å². The van der Waals surface area contributed by atoms with Crippen molar-refractivity contribution in [2.24, 2.45) is 0 Å². The van der Waals surface area contributed by atoms with Crippen LogP contribution in [0.3, 0.4) is 0 Å². The van der Waals surface area contributed by atoms with Crippen LogP contribution in [0, 0.1) is 6.92 Å². The highest BCUT2D eigenvalue weighted by Crippen LogP contribution is 2.53. The van der Waals surface area contributed by atoms with Crippen molar-refractivity contribution >= 4 is 11.4 Å². The first-order chi connectivity index (χ1) is 16.1. The lowest BCUT2D eigenvalue weighted by molar-refractivity contribution is 0.332. The minimum Gasteiger partial charge on any atom is -0.355 e. The monoisotopic (exact) mass is 465 g/mol. The quantitative estimate of drug-likeness (QED) is 0.397. The summed E-state index contributed by atoms with van der Waals surface area (Å²) in [5, 5.41) is 3.83. The third kappa shape index (κ3) is 3.74. The Morgan fingerprint density at radius 3 is 1.97 bits per heavy atom. The van der Waals surface area contributed by atoms with Crippen LogP contribution in [-0.2, 0) is 21.7 Å².